The third-order valence-electron chi connectivity index (χ3n) is 2.59. The van der Waals surface area contributed by atoms with E-state index < -0.39 is 0 Å². The van der Waals surface area contributed by atoms with E-state index in [1.54, 1.807) is 0 Å². The van der Waals surface area contributed by atoms with Crippen molar-refractivity contribution in [2.75, 3.05) is 0 Å². The van der Waals surface area contributed by atoms with Crippen LogP contribution in [0.1, 0.15) is 26.3 Å². The highest BCUT2D eigenvalue weighted by atomic mass is 16.5. The second-order valence-electron chi connectivity index (χ2n) is 5.10. The van der Waals surface area contributed by atoms with E-state index in [1.165, 1.54) is 12.4 Å². The predicted molar refractivity (Wildman–Crippen MR) is 70.1 cm³/mol. The van der Waals surface area contributed by atoms with Gasteiger partial charge in [-0.2, -0.15) is 0 Å². The minimum atomic E-state index is -0.335. The van der Waals surface area contributed by atoms with E-state index in [0.29, 0.717) is 5.75 Å². The summed E-state index contributed by atoms with van der Waals surface area (Å²) in [5.41, 5.74) is 0.849. The number of nitrogens with zero attached hydrogens (tertiary/aromatic N) is 1. The van der Waals surface area contributed by atoms with E-state index in [1.807, 2.05) is 24.3 Å². The van der Waals surface area contributed by atoms with Gasteiger partial charge in [0.2, 0.25) is 0 Å². The summed E-state index contributed by atoms with van der Waals surface area (Å²) in [7, 11) is 0. The molecule has 0 saturated heterocycles. The molecule has 0 amide bonds. The van der Waals surface area contributed by atoms with Crippen LogP contribution in [-0.4, -0.2) is 9.97 Å². The van der Waals surface area contributed by atoms with Gasteiger partial charge in [0.15, 0.2) is 0 Å². The van der Waals surface area contributed by atoms with Crippen molar-refractivity contribution in [3.8, 4) is 11.6 Å². The van der Waals surface area contributed by atoms with Gasteiger partial charge in [0, 0.05) is 12.4 Å². The van der Waals surface area contributed by atoms with Gasteiger partial charge in [-0.1, -0.05) is 32.9 Å². The number of ether oxygens (including phenoxy) is 1. The number of H-pyrrole nitrogens is 1. The number of hydrogen-bond donors (Lipinski definition) is 1. The lowest BCUT2D eigenvalue weighted by Crippen LogP contribution is -2.12. The molecule has 4 nitrogen and oxygen atoms in total. The Balaban J connectivity index is 2.31. The summed E-state index contributed by atoms with van der Waals surface area (Å²) in [4.78, 5) is 17.9. The average Bonchev–Trinajstić information content (AvgIpc) is 2.31. The van der Waals surface area contributed by atoms with Gasteiger partial charge in [0.25, 0.3) is 5.88 Å². The molecule has 2 aromatic rings. The van der Waals surface area contributed by atoms with Crippen LogP contribution in [0, 0.1) is 0 Å². The lowest BCUT2D eigenvalue weighted by Gasteiger charge is -2.19. The van der Waals surface area contributed by atoms with Crippen LogP contribution >= 0.6 is 0 Å². The summed E-state index contributed by atoms with van der Waals surface area (Å²) in [6.07, 6.45) is 2.96. The summed E-state index contributed by atoms with van der Waals surface area (Å²) in [6.45, 7) is 6.37. The van der Waals surface area contributed by atoms with Gasteiger partial charge in [-0.3, -0.25) is 4.79 Å². The quantitative estimate of drug-likeness (QED) is 0.883. The van der Waals surface area contributed by atoms with Crippen LogP contribution < -0.4 is 10.3 Å². The van der Waals surface area contributed by atoms with Crippen molar-refractivity contribution in [1.29, 1.82) is 0 Å². The number of aromatic amines is 1. The molecule has 0 spiro atoms. The van der Waals surface area contributed by atoms with Crippen LogP contribution in [-0.2, 0) is 5.41 Å². The Morgan fingerprint density at radius 1 is 1.28 bits per heavy atom. The molecule has 4 heteroatoms. The minimum Gasteiger partial charge on any atom is -0.435 e. The molecule has 2 rings (SSSR count). The van der Waals surface area contributed by atoms with Crippen LogP contribution in [0.2, 0.25) is 0 Å². The topological polar surface area (TPSA) is 55.0 Å². The molecule has 0 atom stereocenters. The number of benzene rings is 1. The number of nitrogens with one attached hydrogen (secondary N) is 1. The first kappa shape index (κ1) is 12.4. The van der Waals surface area contributed by atoms with Gasteiger partial charge >= 0.3 is 5.56 Å². The standard InChI is InChI=1S/C14H16N2O2/c1-14(2,3)10-5-4-6-11(9-10)18-13-12(17)15-7-8-16-13/h4-9H,1-3H3,(H,15,17). The Kier molecular flexibility index (Phi) is 3.19. The fraction of sp³-hybridized carbons (Fsp3) is 0.286. The van der Waals surface area contributed by atoms with Crippen molar-refractivity contribution in [3.05, 3.63) is 52.6 Å². The fourth-order valence-corrected chi connectivity index (χ4v) is 1.55. The SMILES string of the molecule is CC(C)(C)c1cccc(Oc2ncc[nH]c2=O)c1. The molecule has 94 valence electrons. The Labute approximate surface area is 106 Å². The van der Waals surface area contributed by atoms with E-state index >= 15 is 0 Å². The van der Waals surface area contributed by atoms with E-state index in [4.69, 9.17) is 4.74 Å². The summed E-state index contributed by atoms with van der Waals surface area (Å²) in [5.74, 6) is 0.676. The Morgan fingerprint density at radius 3 is 2.72 bits per heavy atom. The zero-order valence-corrected chi connectivity index (χ0v) is 10.7. The number of aromatic nitrogens is 2. The molecule has 0 unspecified atom stereocenters. The molecule has 1 aromatic carbocycles. The molecule has 0 fully saturated rings. The molecule has 0 saturated carbocycles. The van der Waals surface area contributed by atoms with Crippen molar-refractivity contribution >= 4 is 0 Å². The Morgan fingerprint density at radius 2 is 2.06 bits per heavy atom. The molecule has 0 bridgehead atoms. The van der Waals surface area contributed by atoms with Crippen molar-refractivity contribution in [2.24, 2.45) is 0 Å². The van der Waals surface area contributed by atoms with Gasteiger partial charge < -0.3 is 9.72 Å². The highest BCUT2D eigenvalue weighted by molar-refractivity contribution is 5.34. The Bertz CT molecular complexity index is 597. The molecule has 18 heavy (non-hydrogen) atoms. The first-order valence-electron chi connectivity index (χ1n) is 5.79. The zero-order valence-electron chi connectivity index (χ0n) is 10.7. The van der Waals surface area contributed by atoms with Gasteiger partial charge in [-0.15, -0.1) is 0 Å². The van der Waals surface area contributed by atoms with Crippen molar-refractivity contribution in [3.63, 3.8) is 0 Å². The first-order valence-corrected chi connectivity index (χ1v) is 5.79. The third-order valence-corrected chi connectivity index (χ3v) is 2.59. The van der Waals surface area contributed by atoms with Gasteiger partial charge in [-0.05, 0) is 23.1 Å². The van der Waals surface area contributed by atoms with Gasteiger partial charge in [0.05, 0.1) is 0 Å². The summed E-state index contributed by atoms with van der Waals surface area (Å²) >= 11 is 0. The highest BCUT2D eigenvalue weighted by Gasteiger charge is 2.14. The van der Waals surface area contributed by atoms with Crippen molar-refractivity contribution in [2.45, 2.75) is 26.2 Å². The maximum absolute atomic E-state index is 11.5. The third kappa shape index (κ3) is 2.77. The van der Waals surface area contributed by atoms with Crippen LogP contribution in [0.25, 0.3) is 0 Å². The smallest absolute Gasteiger partial charge is 0.311 e. The van der Waals surface area contributed by atoms with Crippen LogP contribution in [0.3, 0.4) is 0 Å². The maximum Gasteiger partial charge on any atom is 0.311 e. The predicted octanol–water partition coefficient (Wildman–Crippen LogP) is 2.86. The molecule has 0 radical (unpaired) electrons. The molecular weight excluding hydrogens is 228 g/mol. The second kappa shape index (κ2) is 4.64. The van der Waals surface area contributed by atoms with Crippen LogP contribution in [0.5, 0.6) is 11.6 Å². The lowest BCUT2D eigenvalue weighted by atomic mass is 9.87. The van der Waals surface area contributed by atoms with E-state index in [9.17, 15) is 4.79 Å². The molecule has 0 aliphatic carbocycles. The largest absolute Gasteiger partial charge is 0.435 e. The van der Waals surface area contributed by atoms with Crippen molar-refractivity contribution < 1.29 is 4.74 Å². The molecule has 0 aliphatic rings. The lowest BCUT2D eigenvalue weighted by molar-refractivity contribution is 0.451. The van der Waals surface area contributed by atoms with Crippen LogP contribution in [0.4, 0.5) is 0 Å². The van der Waals surface area contributed by atoms with Gasteiger partial charge in [0.1, 0.15) is 5.75 Å². The molecule has 1 heterocycles. The van der Waals surface area contributed by atoms with Crippen molar-refractivity contribution in [1.82, 2.24) is 9.97 Å². The number of rotatable bonds is 2. The first-order chi connectivity index (χ1) is 8.47. The summed E-state index contributed by atoms with van der Waals surface area (Å²) < 4.78 is 5.49. The molecule has 1 N–H and O–H groups in total. The summed E-state index contributed by atoms with van der Waals surface area (Å²) in [5, 5.41) is 0. The zero-order chi connectivity index (χ0) is 13.2. The van der Waals surface area contributed by atoms with E-state index in [0.717, 1.165) is 5.56 Å². The summed E-state index contributed by atoms with van der Waals surface area (Å²) in [6, 6.07) is 7.68. The van der Waals surface area contributed by atoms with Gasteiger partial charge in [-0.25, -0.2) is 4.98 Å². The molecule has 0 aliphatic heterocycles. The number of hydrogen-bond acceptors (Lipinski definition) is 3. The highest BCUT2D eigenvalue weighted by Crippen LogP contribution is 2.26. The Hall–Kier alpha value is -2.10. The van der Waals surface area contributed by atoms with E-state index in [2.05, 4.69) is 30.7 Å². The molecular formula is C14H16N2O2. The normalized spacial score (nSPS) is 11.3. The molecule has 1 aromatic heterocycles. The minimum absolute atomic E-state index is 0.0376. The monoisotopic (exact) mass is 244 g/mol. The fourth-order valence-electron chi connectivity index (χ4n) is 1.55. The van der Waals surface area contributed by atoms with Crippen LogP contribution in [0.15, 0.2) is 41.5 Å². The maximum atomic E-state index is 11.5. The average molecular weight is 244 g/mol. The van der Waals surface area contributed by atoms with E-state index in [-0.39, 0.29) is 16.9 Å². The second-order valence-corrected chi connectivity index (χ2v) is 5.10.